The molecule has 0 saturated heterocycles. The molecule has 0 radical (unpaired) electrons. The number of hydrogen-bond acceptors (Lipinski definition) is 4. The predicted octanol–water partition coefficient (Wildman–Crippen LogP) is 3.16. The highest BCUT2D eigenvalue weighted by atomic mass is 16.3. The monoisotopic (exact) mass is 279 g/mol. The molecule has 0 unspecified atom stereocenters. The van der Waals surface area contributed by atoms with E-state index in [2.05, 4.69) is 9.88 Å². The summed E-state index contributed by atoms with van der Waals surface area (Å²) >= 11 is 0. The number of benzene rings is 2. The van der Waals surface area contributed by atoms with E-state index in [1.54, 1.807) is 18.3 Å². The average molecular weight is 279 g/mol. The van der Waals surface area contributed by atoms with Gasteiger partial charge in [-0.1, -0.05) is 6.07 Å². The van der Waals surface area contributed by atoms with Gasteiger partial charge < -0.3 is 15.7 Å². The number of hydrogen-bond donors (Lipinski definition) is 2. The van der Waals surface area contributed by atoms with Crippen molar-refractivity contribution in [3.8, 4) is 5.75 Å². The Bertz CT molecular complexity index is 769. The van der Waals surface area contributed by atoms with Crippen molar-refractivity contribution in [2.75, 3.05) is 17.7 Å². The second kappa shape index (κ2) is 5.32. The summed E-state index contributed by atoms with van der Waals surface area (Å²) in [6.45, 7) is 0.721. The Labute approximate surface area is 123 Å². The first-order valence-electron chi connectivity index (χ1n) is 6.77. The van der Waals surface area contributed by atoms with Gasteiger partial charge in [-0.15, -0.1) is 0 Å². The van der Waals surface area contributed by atoms with Crippen LogP contribution < -0.4 is 10.6 Å². The van der Waals surface area contributed by atoms with Gasteiger partial charge in [0, 0.05) is 36.6 Å². The minimum atomic E-state index is 0.270. The van der Waals surface area contributed by atoms with E-state index in [-0.39, 0.29) is 5.75 Å². The van der Waals surface area contributed by atoms with E-state index < -0.39 is 0 Å². The summed E-state index contributed by atoms with van der Waals surface area (Å²) in [6, 6.07) is 15.0. The first-order chi connectivity index (χ1) is 10.1. The predicted molar refractivity (Wildman–Crippen MR) is 86.4 cm³/mol. The molecule has 0 atom stereocenters. The number of phenolic OH excluding ortho intramolecular Hbond substituents is 1. The highest BCUT2D eigenvalue weighted by Crippen LogP contribution is 2.25. The van der Waals surface area contributed by atoms with E-state index in [0.29, 0.717) is 0 Å². The number of nitrogens with zero attached hydrogens (tertiary/aromatic N) is 2. The van der Waals surface area contributed by atoms with Crippen molar-refractivity contribution in [3.63, 3.8) is 0 Å². The zero-order valence-electron chi connectivity index (χ0n) is 11.8. The van der Waals surface area contributed by atoms with Gasteiger partial charge in [0.1, 0.15) is 5.75 Å². The molecule has 0 aliphatic heterocycles. The summed E-state index contributed by atoms with van der Waals surface area (Å²) in [7, 11) is 2.01. The number of aromatic hydroxyl groups is 1. The molecule has 4 heteroatoms. The lowest BCUT2D eigenvalue weighted by Gasteiger charge is -2.20. The van der Waals surface area contributed by atoms with Crippen LogP contribution in [0, 0.1) is 0 Å². The van der Waals surface area contributed by atoms with Crippen LogP contribution >= 0.6 is 0 Å². The number of aromatic nitrogens is 1. The molecule has 4 nitrogen and oxygen atoms in total. The van der Waals surface area contributed by atoms with Crippen LogP contribution in [0.3, 0.4) is 0 Å². The fourth-order valence-corrected chi connectivity index (χ4v) is 2.43. The summed E-state index contributed by atoms with van der Waals surface area (Å²) in [6.07, 6.45) is 1.78. The minimum absolute atomic E-state index is 0.270. The third kappa shape index (κ3) is 2.60. The number of anilines is 2. The van der Waals surface area contributed by atoms with Crippen molar-refractivity contribution < 1.29 is 5.11 Å². The zero-order chi connectivity index (χ0) is 14.8. The maximum absolute atomic E-state index is 9.36. The van der Waals surface area contributed by atoms with Gasteiger partial charge in [-0.25, -0.2) is 0 Å². The smallest absolute Gasteiger partial charge is 0.115 e. The van der Waals surface area contributed by atoms with Gasteiger partial charge in [-0.3, -0.25) is 4.98 Å². The van der Waals surface area contributed by atoms with Crippen molar-refractivity contribution in [1.82, 2.24) is 4.98 Å². The van der Waals surface area contributed by atoms with Crippen LogP contribution in [0.15, 0.2) is 54.7 Å². The number of pyridine rings is 1. The van der Waals surface area contributed by atoms with Crippen LogP contribution in [-0.2, 0) is 6.54 Å². The number of nitrogen functional groups attached to an aromatic ring is 1. The third-order valence-electron chi connectivity index (χ3n) is 3.58. The molecule has 3 N–H and O–H groups in total. The minimum Gasteiger partial charge on any atom is -0.508 e. The lowest BCUT2D eigenvalue weighted by Crippen LogP contribution is -2.16. The Morgan fingerprint density at radius 2 is 1.86 bits per heavy atom. The molecular formula is C17H17N3O. The summed E-state index contributed by atoms with van der Waals surface area (Å²) in [5.41, 5.74) is 9.84. The quantitative estimate of drug-likeness (QED) is 0.723. The molecule has 21 heavy (non-hydrogen) atoms. The summed E-state index contributed by atoms with van der Waals surface area (Å²) in [4.78, 5) is 6.57. The van der Waals surface area contributed by atoms with Crippen LogP contribution in [0.4, 0.5) is 11.4 Å². The number of nitrogens with two attached hydrogens (primary N) is 1. The molecule has 0 fully saturated rings. The second-order valence-electron chi connectivity index (χ2n) is 5.09. The van der Waals surface area contributed by atoms with Crippen molar-refractivity contribution in [1.29, 1.82) is 0 Å². The maximum atomic E-state index is 9.36. The van der Waals surface area contributed by atoms with Gasteiger partial charge in [0.15, 0.2) is 0 Å². The molecule has 3 aromatic rings. The highest BCUT2D eigenvalue weighted by molar-refractivity contribution is 5.92. The van der Waals surface area contributed by atoms with Gasteiger partial charge in [-0.2, -0.15) is 0 Å². The molecule has 1 heterocycles. The molecule has 1 aromatic heterocycles. The SMILES string of the molecule is CN(Cc1ccc(N)c2cccnc12)c1ccc(O)cc1. The van der Waals surface area contributed by atoms with Crippen LogP contribution in [0.5, 0.6) is 5.75 Å². The third-order valence-corrected chi connectivity index (χ3v) is 3.58. The van der Waals surface area contributed by atoms with E-state index in [1.807, 2.05) is 43.4 Å². The molecule has 0 amide bonds. The van der Waals surface area contributed by atoms with Crippen LogP contribution in [0.25, 0.3) is 10.9 Å². The first-order valence-corrected chi connectivity index (χ1v) is 6.77. The Morgan fingerprint density at radius 1 is 1.10 bits per heavy atom. The van der Waals surface area contributed by atoms with Crippen molar-refractivity contribution >= 4 is 22.3 Å². The second-order valence-corrected chi connectivity index (χ2v) is 5.09. The van der Waals surface area contributed by atoms with E-state index in [0.717, 1.165) is 34.4 Å². The van der Waals surface area contributed by atoms with Crippen LogP contribution in [0.2, 0.25) is 0 Å². The first kappa shape index (κ1) is 13.2. The number of rotatable bonds is 3. The van der Waals surface area contributed by atoms with Gasteiger partial charge in [0.2, 0.25) is 0 Å². The fraction of sp³-hybridized carbons (Fsp3) is 0.118. The molecule has 0 saturated carbocycles. The van der Waals surface area contributed by atoms with Gasteiger partial charge >= 0.3 is 0 Å². The standard InChI is InChI=1S/C17H17N3O/c1-20(13-5-7-14(21)8-6-13)11-12-4-9-16(18)15-3-2-10-19-17(12)15/h2-10,21H,11,18H2,1H3. The molecule has 0 aliphatic carbocycles. The Morgan fingerprint density at radius 3 is 2.62 bits per heavy atom. The Balaban J connectivity index is 1.95. The molecule has 3 rings (SSSR count). The topological polar surface area (TPSA) is 62.4 Å². The molecule has 2 aromatic carbocycles. The molecule has 0 aliphatic rings. The normalized spacial score (nSPS) is 10.7. The van der Waals surface area contributed by atoms with Crippen LogP contribution in [-0.4, -0.2) is 17.1 Å². The molecule has 106 valence electrons. The van der Waals surface area contributed by atoms with Crippen LogP contribution in [0.1, 0.15) is 5.56 Å². The van der Waals surface area contributed by atoms with Gasteiger partial charge in [0.05, 0.1) is 5.52 Å². The largest absolute Gasteiger partial charge is 0.508 e. The average Bonchev–Trinajstić information content (AvgIpc) is 2.51. The van der Waals surface area contributed by atoms with E-state index in [1.165, 1.54) is 0 Å². The van der Waals surface area contributed by atoms with E-state index in [9.17, 15) is 5.11 Å². The van der Waals surface area contributed by atoms with Crippen molar-refractivity contribution in [3.05, 3.63) is 60.3 Å². The zero-order valence-corrected chi connectivity index (χ0v) is 11.8. The number of phenols is 1. The maximum Gasteiger partial charge on any atom is 0.115 e. The summed E-state index contributed by atoms with van der Waals surface area (Å²) < 4.78 is 0. The summed E-state index contributed by atoms with van der Waals surface area (Å²) in [5.74, 6) is 0.270. The fourth-order valence-electron chi connectivity index (χ4n) is 2.43. The molecule has 0 spiro atoms. The highest BCUT2D eigenvalue weighted by Gasteiger charge is 2.08. The van der Waals surface area contributed by atoms with Gasteiger partial charge in [-0.05, 0) is 48.0 Å². The Hall–Kier alpha value is -2.75. The molecule has 0 bridgehead atoms. The van der Waals surface area contributed by atoms with Crippen molar-refractivity contribution in [2.24, 2.45) is 0 Å². The lowest BCUT2D eigenvalue weighted by atomic mass is 10.1. The van der Waals surface area contributed by atoms with E-state index >= 15 is 0 Å². The lowest BCUT2D eigenvalue weighted by molar-refractivity contribution is 0.475. The van der Waals surface area contributed by atoms with Crippen molar-refractivity contribution in [2.45, 2.75) is 6.54 Å². The summed E-state index contributed by atoms with van der Waals surface area (Å²) in [5, 5.41) is 10.3. The molecular weight excluding hydrogens is 262 g/mol. The number of fused-ring (bicyclic) bond motifs is 1. The van der Waals surface area contributed by atoms with Gasteiger partial charge in [0.25, 0.3) is 0 Å². The van der Waals surface area contributed by atoms with E-state index in [4.69, 9.17) is 5.73 Å². The Kier molecular flexibility index (Phi) is 3.36.